The summed E-state index contributed by atoms with van der Waals surface area (Å²) in [6, 6.07) is 0. The lowest BCUT2D eigenvalue weighted by Crippen LogP contribution is -2.16. The smallest absolute Gasteiger partial charge is 0.277 e. The molecule has 0 aliphatic carbocycles. The fourth-order valence-electron chi connectivity index (χ4n) is 1.85. The maximum atomic E-state index is 11.9. The highest BCUT2D eigenvalue weighted by Gasteiger charge is 2.32. The minimum Gasteiger partial charge on any atom is -0.277 e. The van der Waals surface area contributed by atoms with Crippen LogP contribution in [0.4, 0.5) is 0 Å². The molecule has 0 fully saturated rings. The summed E-state index contributed by atoms with van der Waals surface area (Å²) in [6.07, 6.45) is 0.735. The number of imidazole rings is 1. The van der Waals surface area contributed by atoms with Crippen LogP contribution in [-0.4, -0.2) is 17.8 Å². The number of halogens is 1. The van der Waals surface area contributed by atoms with Gasteiger partial charge in [0.1, 0.15) is 0 Å². The van der Waals surface area contributed by atoms with Gasteiger partial charge in [-0.2, -0.15) is 0 Å². The van der Waals surface area contributed by atoms with Crippen molar-refractivity contribution in [3.05, 3.63) is 16.8 Å². The number of rotatable bonds is 2. The Morgan fingerprint density at radius 3 is 2.50 bits per heavy atom. The number of hydrogen-bond acceptors (Lipinski definition) is 4. The monoisotopic (exact) mass is 306 g/mol. The molecule has 7 heteroatoms. The van der Waals surface area contributed by atoms with Crippen LogP contribution >= 0.6 is 22.0 Å². The number of aromatic nitrogens is 2. The van der Waals surface area contributed by atoms with Crippen molar-refractivity contribution in [2.75, 3.05) is 0 Å². The number of thiazole rings is 1. The van der Waals surface area contributed by atoms with Crippen LogP contribution < -0.4 is 0 Å². The zero-order valence-corrected chi connectivity index (χ0v) is 13.1. The molecule has 0 radical (unpaired) electrons. The van der Waals surface area contributed by atoms with Gasteiger partial charge in [-0.1, -0.05) is 27.7 Å². The predicted molar refractivity (Wildman–Crippen MR) is 74.2 cm³/mol. The molecule has 4 nitrogen and oxygen atoms in total. The summed E-state index contributed by atoms with van der Waals surface area (Å²) < 4.78 is 25.4. The van der Waals surface area contributed by atoms with Gasteiger partial charge in [0.15, 0.2) is 9.99 Å². The van der Waals surface area contributed by atoms with Crippen molar-refractivity contribution >= 4 is 36.0 Å². The minimum atomic E-state index is -3.82. The molecule has 0 N–H and O–H groups in total. The van der Waals surface area contributed by atoms with E-state index in [1.165, 1.54) is 11.3 Å². The predicted octanol–water partition coefficient (Wildman–Crippen LogP) is 3.18. The fraction of sp³-hybridized carbons (Fsp3) is 0.545. The lowest BCUT2D eigenvalue weighted by Gasteiger charge is -2.16. The van der Waals surface area contributed by atoms with Crippen LogP contribution in [0.5, 0.6) is 0 Å². The maximum absolute atomic E-state index is 11.9. The third kappa shape index (κ3) is 2.17. The molecule has 0 saturated carbocycles. The highest BCUT2D eigenvalue weighted by molar-refractivity contribution is 8.13. The van der Waals surface area contributed by atoms with E-state index in [1.54, 1.807) is 4.40 Å². The summed E-state index contributed by atoms with van der Waals surface area (Å²) in [6.45, 7) is 7.76. The van der Waals surface area contributed by atoms with Crippen molar-refractivity contribution in [3.63, 3.8) is 0 Å². The van der Waals surface area contributed by atoms with Gasteiger partial charge in [-0.15, -0.1) is 11.3 Å². The normalized spacial score (nSPS) is 13.4. The highest BCUT2D eigenvalue weighted by atomic mass is 35.7. The lowest BCUT2D eigenvalue weighted by molar-refractivity contribution is 0.546. The van der Waals surface area contributed by atoms with Crippen LogP contribution in [0.1, 0.15) is 39.1 Å². The Hall–Kier alpha value is -0.590. The van der Waals surface area contributed by atoms with Gasteiger partial charge in [-0.3, -0.25) is 4.40 Å². The summed E-state index contributed by atoms with van der Waals surface area (Å²) in [5.41, 5.74) is 1.07. The summed E-state index contributed by atoms with van der Waals surface area (Å²) in [5.74, 6) is 0. The van der Waals surface area contributed by atoms with E-state index in [9.17, 15) is 8.42 Å². The van der Waals surface area contributed by atoms with E-state index in [0.717, 1.165) is 12.1 Å². The van der Waals surface area contributed by atoms with Crippen molar-refractivity contribution < 1.29 is 8.42 Å². The van der Waals surface area contributed by atoms with Crippen molar-refractivity contribution in [1.82, 2.24) is 9.38 Å². The average Bonchev–Trinajstić information content (AvgIpc) is 2.70. The van der Waals surface area contributed by atoms with E-state index < -0.39 is 9.05 Å². The highest BCUT2D eigenvalue weighted by Crippen LogP contribution is 2.34. The van der Waals surface area contributed by atoms with Crippen molar-refractivity contribution in [2.45, 2.75) is 44.6 Å². The number of nitrogens with zero attached hydrogens (tertiary/aromatic N) is 2. The van der Waals surface area contributed by atoms with E-state index in [0.29, 0.717) is 10.7 Å². The van der Waals surface area contributed by atoms with E-state index in [-0.39, 0.29) is 10.4 Å². The standard InChI is InChI=1S/C11H15ClN2O2S2/c1-5-7-6-17-10-13-8(11(2,3)4)9(14(7)10)18(12,15)16/h6H,5H2,1-4H3. The Morgan fingerprint density at radius 1 is 1.44 bits per heavy atom. The molecule has 2 heterocycles. The third-order valence-electron chi connectivity index (χ3n) is 2.70. The molecule has 100 valence electrons. The second-order valence-electron chi connectivity index (χ2n) is 5.15. The van der Waals surface area contributed by atoms with Gasteiger partial charge in [-0.25, -0.2) is 13.4 Å². The summed E-state index contributed by atoms with van der Waals surface area (Å²) >= 11 is 1.43. The van der Waals surface area contributed by atoms with Crippen LogP contribution in [0.2, 0.25) is 0 Å². The molecule has 0 aliphatic rings. The molecular weight excluding hydrogens is 292 g/mol. The molecule has 0 saturated heterocycles. The Kier molecular flexibility index (Phi) is 3.24. The van der Waals surface area contributed by atoms with Crippen LogP contribution in [0, 0.1) is 0 Å². The zero-order valence-electron chi connectivity index (χ0n) is 10.7. The van der Waals surface area contributed by atoms with Crippen LogP contribution in [-0.2, 0) is 20.9 Å². The molecule has 2 aromatic rings. The molecule has 0 aliphatic heterocycles. The quantitative estimate of drug-likeness (QED) is 0.801. The molecule has 0 unspecified atom stereocenters. The second-order valence-corrected chi connectivity index (χ2v) is 8.47. The minimum absolute atomic E-state index is 0.116. The topological polar surface area (TPSA) is 51.4 Å². The van der Waals surface area contributed by atoms with Crippen molar-refractivity contribution in [3.8, 4) is 0 Å². The second kappa shape index (κ2) is 4.21. The van der Waals surface area contributed by atoms with Crippen LogP contribution in [0.15, 0.2) is 10.4 Å². The van der Waals surface area contributed by atoms with Gasteiger partial charge in [0.2, 0.25) is 0 Å². The average molecular weight is 307 g/mol. The van der Waals surface area contributed by atoms with E-state index in [1.807, 2.05) is 33.1 Å². The van der Waals surface area contributed by atoms with Gasteiger partial charge >= 0.3 is 0 Å². The van der Waals surface area contributed by atoms with Gasteiger partial charge in [0.05, 0.1) is 5.69 Å². The van der Waals surface area contributed by atoms with Crippen molar-refractivity contribution in [1.29, 1.82) is 0 Å². The van der Waals surface area contributed by atoms with E-state index in [2.05, 4.69) is 4.98 Å². The van der Waals surface area contributed by atoms with Gasteiger partial charge in [-0.05, 0) is 6.42 Å². The maximum Gasteiger partial charge on any atom is 0.279 e. The number of aryl methyl sites for hydroxylation is 1. The Balaban J connectivity index is 2.94. The Bertz CT molecular complexity index is 693. The lowest BCUT2D eigenvalue weighted by atomic mass is 9.93. The zero-order chi connectivity index (χ0) is 13.7. The molecule has 0 spiro atoms. The summed E-state index contributed by atoms with van der Waals surface area (Å²) in [5, 5.41) is 2.03. The molecule has 2 aromatic heterocycles. The third-order valence-corrected chi connectivity index (χ3v) is 4.85. The first kappa shape index (κ1) is 13.8. The number of fused-ring (bicyclic) bond motifs is 1. The first-order chi connectivity index (χ1) is 8.16. The SMILES string of the molecule is CCc1csc2nc(C(C)(C)C)c(S(=O)(=O)Cl)n12. The molecule has 2 rings (SSSR count). The van der Waals surface area contributed by atoms with Crippen LogP contribution in [0.3, 0.4) is 0 Å². The van der Waals surface area contributed by atoms with Crippen molar-refractivity contribution in [2.24, 2.45) is 0 Å². The number of hydrogen-bond donors (Lipinski definition) is 0. The molecule has 0 atom stereocenters. The first-order valence-electron chi connectivity index (χ1n) is 5.60. The molecule has 0 amide bonds. The summed E-state index contributed by atoms with van der Waals surface area (Å²) in [7, 11) is 1.77. The first-order valence-corrected chi connectivity index (χ1v) is 8.79. The molecule has 0 aromatic carbocycles. The molecular formula is C11H15ClN2O2S2. The Labute approximate surface area is 115 Å². The fourth-order valence-corrected chi connectivity index (χ4v) is 4.31. The van der Waals surface area contributed by atoms with Gasteiger partial charge in [0.25, 0.3) is 9.05 Å². The molecule has 0 bridgehead atoms. The van der Waals surface area contributed by atoms with E-state index >= 15 is 0 Å². The molecule has 18 heavy (non-hydrogen) atoms. The summed E-state index contributed by atoms with van der Waals surface area (Å²) in [4.78, 5) is 5.11. The van der Waals surface area contributed by atoms with Gasteiger partial charge in [0, 0.05) is 27.2 Å². The Morgan fingerprint density at radius 2 is 2.06 bits per heavy atom. The largest absolute Gasteiger partial charge is 0.279 e. The van der Waals surface area contributed by atoms with Gasteiger partial charge < -0.3 is 0 Å². The van der Waals surface area contributed by atoms with E-state index in [4.69, 9.17) is 10.7 Å². The van der Waals surface area contributed by atoms with Crippen LogP contribution in [0.25, 0.3) is 4.96 Å².